The lowest BCUT2D eigenvalue weighted by atomic mass is 9.90. The number of hydrogen-bond donors (Lipinski definition) is 2. The van der Waals surface area contributed by atoms with E-state index in [1.165, 1.54) is 49.9 Å². The van der Waals surface area contributed by atoms with Crippen molar-refractivity contribution in [1.29, 1.82) is 0 Å². The molecule has 0 amide bonds. The summed E-state index contributed by atoms with van der Waals surface area (Å²) in [6.07, 6.45) is -10.2. The van der Waals surface area contributed by atoms with Gasteiger partial charge in [0.25, 0.3) is 0 Å². The number of carbonyl (C=O) groups is 2. The van der Waals surface area contributed by atoms with Crippen LogP contribution in [0, 0.1) is 11.6 Å². The van der Waals surface area contributed by atoms with Crippen LogP contribution in [0.5, 0.6) is 0 Å². The highest BCUT2D eigenvalue weighted by Crippen LogP contribution is 2.39. The number of aliphatic carboxylic acids is 1. The molecule has 2 aromatic heterocycles. The molecule has 2 aliphatic heterocycles. The van der Waals surface area contributed by atoms with Gasteiger partial charge in [0.2, 0.25) is 20.0 Å². The van der Waals surface area contributed by atoms with Crippen molar-refractivity contribution >= 4 is 44.2 Å². The Morgan fingerprint density at radius 3 is 1.37 bits per heavy atom. The lowest BCUT2D eigenvalue weighted by Gasteiger charge is -2.32. The fourth-order valence-corrected chi connectivity index (χ4v) is 11.7. The molecule has 3 N–H and O–H groups in total. The molecular formula is C49H46ClF10N7O7S2. The first-order valence-electron chi connectivity index (χ1n) is 22.3. The number of nitrogens with two attached hydrogens (primary N) is 1. The van der Waals surface area contributed by atoms with Gasteiger partial charge in [0.1, 0.15) is 42.2 Å². The quantitative estimate of drug-likeness (QED) is 0.110. The van der Waals surface area contributed by atoms with E-state index < -0.39 is 110 Å². The number of nitrogens with zero attached hydrogens (tertiary/aromatic N) is 6. The Morgan fingerprint density at radius 1 is 0.618 bits per heavy atom. The summed E-state index contributed by atoms with van der Waals surface area (Å²) in [4.78, 5) is 40.1. The molecule has 408 valence electrons. The normalized spacial score (nSPS) is 20.1. The molecule has 2 saturated heterocycles. The van der Waals surface area contributed by atoms with Crippen molar-refractivity contribution in [3.05, 3.63) is 156 Å². The van der Waals surface area contributed by atoms with Crippen LogP contribution in [0.15, 0.2) is 132 Å². The highest BCUT2D eigenvalue weighted by Gasteiger charge is 2.54. The Balaban J connectivity index is 0.000000230. The molecule has 27 heteroatoms. The Hall–Kier alpha value is -6.45. The van der Waals surface area contributed by atoms with E-state index in [0.29, 0.717) is 38.2 Å². The number of benzene rings is 4. The molecule has 0 bridgehead atoms. The molecule has 2 fully saturated rings. The molecule has 0 saturated carbocycles. The van der Waals surface area contributed by atoms with Crippen molar-refractivity contribution in [3.63, 3.8) is 0 Å². The van der Waals surface area contributed by atoms with E-state index in [1.54, 1.807) is 6.07 Å². The summed E-state index contributed by atoms with van der Waals surface area (Å²) in [7, 11) is -8.48. The third-order valence-corrected chi connectivity index (χ3v) is 16.2. The van der Waals surface area contributed by atoms with Crippen molar-refractivity contribution in [3.8, 4) is 22.5 Å². The molecule has 4 heterocycles. The molecule has 76 heavy (non-hydrogen) atoms. The van der Waals surface area contributed by atoms with Crippen molar-refractivity contribution in [2.24, 2.45) is 5.73 Å². The van der Waals surface area contributed by atoms with E-state index in [0.717, 1.165) is 84.0 Å². The highest BCUT2D eigenvalue weighted by atomic mass is 35.5. The molecule has 4 atom stereocenters. The van der Waals surface area contributed by atoms with Gasteiger partial charge < -0.3 is 10.8 Å². The first-order valence-corrected chi connectivity index (χ1v) is 25.2. The van der Waals surface area contributed by atoms with E-state index in [1.807, 2.05) is 0 Å². The fraction of sp³-hybridized carbons (Fsp3) is 0.306. The molecule has 1 unspecified atom stereocenters. The second-order valence-electron chi connectivity index (χ2n) is 17.5. The summed E-state index contributed by atoms with van der Waals surface area (Å²) in [5.74, 6) is -3.19. The first-order chi connectivity index (χ1) is 35.0. The van der Waals surface area contributed by atoms with Gasteiger partial charge in [0.15, 0.2) is 5.78 Å². The Labute approximate surface area is 435 Å². The SMILES string of the molecule is CC1(C(=O)O)C[C@@H](F)CN1S(=O)(=O)c1ccc(F)cc1.C[C@@]1(C(=O)CCc2cc(-c3ccc(C(F)(F)F)cc3)ncn2)C[C@@H](F)CN1S(=O)(=O)c1ccc(F)cc1.Cl.NCc1cc(-c2ccc(C(F)(F)F)cc2)ncn1. The van der Waals surface area contributed by atoms with Crippen LogP contribution in [-0.2, 0) is 55.0 Å². The van der Waals surface area contributed by atoms with Gasteiger partial charge >= 0.3 is 18.3 Å². The first kappa shape index (κ1) is 60.4. The molecule has 2 aliphatic rings. The number of ketones is 1. The topological polar surface area (TPSA) is 207 Å². The number of aromatic nitrogens is 4. The van der Waals surface area contributed by atoms with Gasteiger partial charge in [0.05, 0.1) is 43.5 Å². The number of hydrogen-bond acceptors (Lipinski definition) is 11. The zero-order chi connectivity index (χ0) is 55.3. The van der Waals surface area contributed by atoms with Crippen molar-refractivity contribution in [2.75, 3.05) is 13.1 Å². The molecule has 0 spiro atoms. The maximum Gasteiger partial charge on any atom is 0.416 e. The predicted molar refractivity (Wildman–Crippen MR) is 257 cm³/mol. The maximum atomic E-state index is 14.4. The van der Waals surface area contributed by atoms with Gasteiger partial charge in [-0.05, 0) is 105 Å². The van der Waals surface area contributed by atoms with E-state index in [9.17, 15) is 75.4 Å². The number of carboxylic acids is 1. The summed E-state index contributed by atoms with van der Waals surface area (Å²) >= 11 is 0. The van der Waals surface area contributed by atoms with E-state index in [-0.39, 0.29) is 48.0 Å². The summed E-state index contributed by atoms with van der Waals surface area (Å²) in [5.41, 5.74) is 3.43. The van der Waals surface area contributed by atoms with E-state index in [4.69, 9.17) is 5.73 Å². The third-order valence-electron chi connectivity index (χ3n) is 12.2. The minimum absolute atomic E-state index is 0. The zero-order valence-electron chi connectivity index (χ0n) is 39.8. The molecular weight excluding hydrogens is 1090 g/mol. The second-order valence-corrected chi connectivity index (χ2v) is 21.2. The van der Waals surface area contributed by atoms with Gasteiger partial charge in [-0.2, -0.15) is 35.0 Å². The van der Waals surface area contributed by atoms with E-state index >= 15 is 0 Å². The van der Waals surface area contributed by atoms with Crippen LogP contribution < -0.4 is 5.73 Å². The summed E-state index contributed by atoms with van der Waals surface area (Å²) < 4.78 is 182. The summed E-state index contributed by atoms with van der Waals surface area (Å²) in [6.45, 7) is 1.76. The van der Waals surface area contributed by atoms with Crippen LogP contribution in [0.1, 0.15) is 55.6 Å². The lowest BCUT2D eigenvalue weighted by molar-refractivity contribution is -0.146. The van der Waals surface area contributed by atoms with Crippen molar-refractivity contribution in [2.45, 2.75) is 91.6 Å². The van der Waals surface area contributed by atoms with Gasteiger partial charge in [-0.3, -0.25) is 9.59 Å². The largest absolute Gasteiger partial charge is 0.480 e. The maximum absolute atomic E-state index is 14.4. The zero-order valence-corrected chi connectivity index (χ0v) is 42.3. The molecule has 4 aromatic carbocycles. The Kier molecular flexibility index (Phi) is 18.9. The lowest BCUT2D eigenvalue weighted by Crippen LogP contribution is -2.50. The number of aryl methyl sites for hydroxylation is 1. The molecule has 14 nitrogen and oxygen atoms in total. The minimum Gasteiger partial charge on any atom is -0.480 e. The Morgan fingerprint density at radius 2 is 0.987 bits per heavy atom. The van der Waals surface area contributed by atoms with Gasteiger partial charge in [-0.25, -0.2) is 54.3 Å². The van der Waals surface area contributed by atoms with E-state index in [2.05, 4.69) is 19.9 Å². The number of halogens is 11. The van der Waals surface area contributed by atoms with Crippen molar-refractivity contribution < 1.29 is 75.4 Å². The van der Waals surface area contributed by atoms with Crippen LogP contribution in [-0.4, -0.2) is 98.8 Å². The van der Waals surface area contributed by atoms with Crippen molar-refractivity contribution in [1.82, 2.24) is 28.5 Å². The molecule has 0 radical (unpaired) electrons. The standard InChI is InChI=1S/C25H22F5N3O3S.C12H10F3N3.C12H13F2NO4S.ClH/c1-24(13-19(27)14-33(24)37(35,36)21-9-6-18(26)7-10-21)23(34)11-8-20-12-22(32-15-31-20)16-2-4-17(5-3-16)25(28,29)30;13-12(14,15)9-3-1-8(2-4-9)11-5-10(6-16)17-7-18-11;1-12(11(16)17)6-9(14)7-15(12)20(18,19)10-4-2-8(13)3-5-10;/h2-7,9-10,12,15,19H,8,11,13-14H2,1H3;1-5,7H,6,16H2;2-5,9H,6-7H2,1H3,(H,16,17);1H/t19-,24+;;9-,12?;/m1.1./s1. The number of rotatable bonds is 12. The van der Waals surface area contributed by atoms with Gasteiger partial charge in [0, 0.05) is 55.7 Å². The van der Waals surface area contributed by atoms with Crippen LogP contribution in [0.2, 0.25) is 0 Å². The number of carboxylic acid groups (broad SMARTS) is 1. The third kappa shape index (κ3) is 13.9. The predicted octanol–water partition coefficient (Wildman–Crippen LogP) is 9.44. The highest BCUT2D eigenvalue weighted by molar-refractivity contribution is 7.89. The molecule has 8 rings (SSSR count). The number of alkyl halides is 8. The average molecular weight is 1130 g/mol. The van der Waals surface area contributed by atoms with Gasteiger partial charge in [-0.15, -0.1) is 12.4 Å². The summed E-state index contributed by atoms with van der Waals surface area (Å²) in [5, 5.41) is 9.18. The van der Waals surface area contributed by atoms with Crippen LogP contribution in [0.25, 0.3) is 22.5 Å². The molecule has 6 aromatic rings. The number of Topliss-reactive ketones (excluding diaryl/α,β-unsaturated/α-hetero) is 1. The fourth-order valence-electron chi connectivity index (χ4n) is 8.13. The average Bonchev–Trinajstić information content (AvgIpc) is 3.88. The number of carbonyl (C=O) groups excluding carboxylic acids is 1. The van der Waals surface area contributed by atoms with Crippen LogP contribution in [0.4, 0.5) is 43.9 Å². The molecule has 0 aliphatic carbocycles. The minimum atomic E-state index is -4.47. The Bertz CT molecular complexity index is 3220. The second kappa shape index (κ2) is 23.8. The smallest absolute Gasteiger partial charge is 0.416 e. The summed E-state index contributed by atoms with van der Waals surface area (Å²) in [6, 6.07) is 20.4. The number of sulfonamides is 2. The van der Waals surface area contributed by atoms with Crippen LogP contribution in [0.3, 0.4) is 0 Å². The van der Waals surface area contributed by atoms with Gasteiger partial charge in [-0.1, -0.05) is 24.3 Å². The van der Waals surface area contributed by atoms with Crippen LogP contribution >= 0.6 is 12.4 Å². The monoisotopic (exact) mass is 1130 g/mol.